The molecule has 1 N–H and O–H groups in total. The lowest BCUT2D eigenvalue weighted by molar-refractivity contribution is -0.222. The molecule has 1 aromatic carbocycles. The molecule has 1 saturated heterocycles. The van der Waals surface area contributed by atoms with Crippen molar-refractivity contribution in [3.63, 3.8) is 0 Å². The molecule has 1 aliphatic heterocycles. The van der Waals surface area contributed by atoms with E-state index >= 15 is 0 Å². The molecule has 0 bridgehead atoms. The molecule has 0 spiro atoms. The lowest BCUT2D eigenvalue weighted by atomic mass is 10.2. The van der Waals surface area contributed by atoms with Crippen LogP contribution in [-0.4, -0.2) is 17.7 Å². The van der Waals surface area contributed by atoms with Crippen LogP contribution in [0.4, 0.5) is 5.69 Å². The molecule has 0 unspecified atom stereocenters. The molecule has 1 fully saturated rings. The number of hydrogen-bond donors (Lipinski definition) is 1. The molecule has 106 valence electrons. The first-order valence-corrected chi connectivity index (χ1v) is 7.06. The maximum atomic E-state index is 11.7. The van der Waals surface area contributed by atoms with Gasteiger partial charge in [0.25, 0.3) is 5.79 Å². The second kappa shape index (κ2) is 5.43. The predicted octanol–water partition coefficient (Wildman–Crippen LogP) is 2.73. The van der Waals surface area contributed by atoms with Crippen LogP contribution >= 0.6 is 22.6 Å². The molecule has 20 heavy (non-hydrogen) atoms. The summed E-state index contributed by atoms with van der Waals surface area (Å²) >= 11 is 2.17. The summed E-state index contributed by atoms with van der Waals surface area (Å²) in [5.74, 6) is -2.61. The molecule has 0 aromatic heterocycles. The summed E-state index contributed by atoms with van der Waals surface area (Å²) in [4.78, 5) is 23.5. The fourth-order valence-electron chi connectivity index (χ4n) is 1.67. The van der Waals surface area contributed by atoms with E-state index in [0.29, 0.717) is 0 Å². The van der Waals surface area contributed by atoms with Crippen molar-refractivity contribution in [3.8, 4) is 0 Å². The fraction of sp³-hybridized carbons (Fsp3) is 0.286. The van der Waals surface area contributed by atoms with E-state index in [0.717, 1.165) is 14.8 Å². The van der Waals surface area contributed by atoms with Crippen molar-refractivity contribution in [2.24, 2.45) is 0 Å². The van der Waals surface area contributed by atoms with Crippen LogP contribution in [0.25, 0.3) is 0 Å². The van der Waals surface area contributed by atoms with Gasteiger partial charge < -0.3 is 14.8 Å². The number of cyclic esters (lactones) is 2. The van der Waals surface area contributed by atoms with Crippen LogP contribution in [0.2, 0.25) is 0 Å². The van der Waals surface area contributed by atoms with Gasteiger partial charge in [-0.1, -0.05) is 6.07 Å². The minimum Gasteiger partial charge on any atom is -0.419 e. The molecule has 0 radical (unpaired) electrons. The standard InChI is InChI=1S/C14H14INO4/c1-8-4-5-11(10(15)6-8)16-7-9-12(17)19-14(2,3)20-13(9)18/h4-7,16H,1-3H3. The van der Waals surface area contributed by atoms with Gasteiger partial charge in [-0.25, -0.2) is 9.59 Å². The quantitative estimate of drug-likeness (QED) is 0.366. The van der Waals surface area contributed by atoms with Crippen molar-refractivity contribution >= 4 is 40.2 Å². The summed E-state index contributed by atoms with van der Waals surface area (Å²) in [5.41, 5.74) is 1.78. The zero-order chi connectivity index (χ0) is 14.9. The van der Waals surface area contributed by atoms with E-state index < -0.39 is 17.7 Å². The van der Waals surface area contributed by atoms with E-state index in [1.807, 2.05) is 25.1 Å². The van der Waals surface area contributed by atoms with Gasteiger partial charge in [0, 0.05) is 23.6 Å². The van der Waals surface area contributed by atoms with Gasteiger partial charge in [-0.05, 0) is 47.2 Å². The number of anilines is 1. The third-order valence-electron chi connectivity index (χ3n) is 2.61. The number of benzene rings is 1. The van der Waals surface area contributed by atoms with Crippen LogP contribution in [0.15, 0.2) is 30.0 Å². The average Bonchev–Trinajstić information content (AvgIpc) is 2.28. The minimum atomic E-state index is -1.22. The van der Waals surface area contributed by atoms with Crippen molar-refractivity contribution in [2.45, 2.75) is 26.6 Å². The Balaban J connectivity index is 2.19. The highest BCUT2D eigenvalue weighted by Crippen LogP contribution is 2.24. The summed E-state index contributed by atoms with van der Waals surface area (Å²) in [7, 11) is 0. The molecule has 2 rings (SSSR count). The van der Waals surface area contributed by atoms with E-state index in [1.54, 1.807) is 0 Å². The summed E-state index contributed by atoms with van der Waals surface area (Å²) in [5, 5.41) is 2.93. The third-order valence-corrected chi connectivity index (χ3v) is 3.51. The van der Waals surface area contributed by atoms with Crippen molar-refractivity contribution in [1.29, 1.82) is 0 Å². The molecule has 0 aliphatic carbocycles. The Morgan fingerprint density at radius 3 is 2.35 bits per heavy atom. The van der Waals surface area contributed by atoms with E-state index in [1.165, 1.54) is 20.0 Å². The van der Waals surface area contributed by atoms with Crippen molar-refractivity contribution < 1.29 is 19.1 Å². The Morgan fingerprint density at radius 1 is 1.20 bits per heavy atom. The van der Waals surface area contributed by atoms with Gasteiger partial charge in [0.05, 0.1) is 5.69 Å². The molecular formula is C14H14INO4. The molecule has 0 amide bonds. The van der Waals surface area contributed by atoms with E-state index in [-0.39, 0.29) is 5.57 Å². The summed E-state index contributed by atoms with van der Waals surface area (Å²) in [6.45, 7) is 5.01. The van der Waals surface area contributed by atoms with Crippen LogP contribution in [-0.2, 0) is 19.1 Å². The van der Waals surface area contributed by atoms with Crippen LogP contribution in [0.1, 0.15) is 19.4 Å². The summed E-state index contributed by atoms with van der Waals surface area (Å²) < 4.78 is 11.0. The van der Waals surface area contributed by atoms with E-state index in [4.69, 9.17) is 9.47 Å². The molecule has 1 aromatic rings. The second-order valence-electron chi connectivity index (χ2n) is 4.86. The average molecular weight is 387 g/mol. The van der Waals surface area contributed by atoms with Gasteiger partial charge in [0.1, 0.15) is 0 Å². The van der Waals surface area contributed by atoms with Crippen LogP contribution in [0, 0.1) is 10.5 Å². The minimum absolute atomic E-state index is 0.152. The normalized spacial score (nSPS) is 17.3. The Labute approximate surface area is 130 Å². The van der Waals surface area contributed by atoms with Gasteiger partial charge in [0.15, 0.2) is 5.57 Å². The highest BCUT2D eigenvalue weighted by Gasteiger charge is 2.38. The lowest BCUT2D eigenvalue weighted by Crippen LogP contribution is -2.42. The molecular weight excluding hydrogens is 373 g/mol. The summed E-state index contributed by atoms with van der Waals surface area (Å²) in [6, 6.07) is 5.79. The van der Waals surface area contributed by atoms with Crippen LogP contribution < -0.4 is 5.32 Å². The number of aryl methyl sites for hydroxylation is 1. The molecule has 6 heteroatoms. The van der Waals surface area contributed by atoms with Crippen LogP contribution in [0.5, 0.6) is 0 Å². The smallest absolute Gasteiger partial charge is 0.350 e. The second-order valence-corrected chi connectivity index (χ2v) is 6.03. The highest BCUT2D eigenvalue weighted by molar-refractivity contribution is 14.1. The largest absolute Gasteiger partial charge is 0.419 e. The first kappa shape index (κ1) is 14.8. The van der Waals surface area contributed by atoms with E-state index in [2.05, 4.69) is 27.9 Å². The van der Waals surface area contributed by atoms with Gasteiger partial charge in [-0.3, -0.25) is 0 Å². The first-order chi connectivity index (χ1) is 9.28. The Morgan fingerprint density at radius 2 is 1.80 bits per heavy atom. The zero-order valence-corrected chi connectivity index (χ0v) is 13.5. The summed E-state index contributed by atoms with van der Waals surface area (Å²) in [6.07, 6.45) is 1.31. The lowest BCUT2D eigenvalue weighted by Gasteiger charge is -2.29. The van der Waals surface area contributed by atoms with Crippen molar-refractivity contribution in [3.05, 3.63) is 39.1 Å². The number of esters is 2. The van der Waals surface area contributed by atoms with Crippen molar-refractivity contribution in [2.75, 3.05) is 5.32 Å². The van der Waals surface area contributed by atoms with Gasteiger partial charge in [-0.2, -0.15) is 0 Å². The Hall–Kier alpha value is -1.57. The topological polar surface area (TPSA) is 64.6 Å². The highest BCUT2D eigenvalue weighted by atomic mass is 127. The number of ether oxygens (including phenoxy) is 2. The van der Waals surface area contributed by atoms with Crippen molar-refractivity contribution in [1.82, 2.24) is 0 Å². The number of nitrogens with one attached hydrogen (secondary N) is 1. The van der Waals surface area contributed by atoms with Gasteiger partial charge in [-0.15, -0.1) is 0 Å². The SMILES string of the molecule is Cc1ccc(NC=C2C(=O)OC(C)(C)OC2=O)c(I)c1. The number of rotatable bonds is 2. The van der Waals surface area contributed by atoms with Gasteiger partial charge >= 0.3 is 11.9 Å². The molecule has 1 heterocycles. The number of hydrogen-bond acceptors (Lipinski definition) is 5. The third kappa shape index (κ3) is 3.30. The molecule has 0 atom stereocenters. The maximum Gasteiger partial charge on any atom is 0.350 e. The van der Waals surface area contributed by atoms with E-state index in [9.17, 15) is 9.59 Å². The Kier molecular flexibility index (Phi) is 4.03. The zero-order valence-electron chi connectivity index (χ0n) is 11.3. The fourth-order valence-corrected chi connectivity index (χ4v) is 2.49. The molecule has 0 saturated carbocycles. The predicted molar refractivity (Wildman–Crippen MR) is 81.9 cm³/mol. The molecule has 1 aliphatic rings. The van der Waals surface area contributed by atoms with Crippen LogP contribution in [0.3, 0.4) is 0 Å². The number of carbonyl (C=O) groups excluding carboxylic acids is 2. The maximum absolute atomic E-state index is 11.7. The van der Waals surface area contributed by atoms with Gasteiger partial charge in [0.2, 0.25) is 0 Å². The molecule has 5 nitrogen and oxygen atoms in total. The number of halogens is 1. The monoisotopic (exact) mass is 387 g/mol. The first-order valence-electron chi connectivity index (χ1n) is 5.98. The Bertz CT molecular complexity index is 585. The number of carbonyl (C=O) groups is 2.